The first-order valence-corrected chi connectivity index (χ1v) is 20.6. The van der Waals surface area contributed by atoms with E-state index in [-0.39, 0.29) is 34.2 Å². The third kappa shape index (κ3) is 10.7. The van der Waals surface area contributed by atoms with Crippen LogP contribution in [0.15, 0.2) is 133 Å². The second kappa shape index (κ2) is 16.2. The molecule has 56 heavy (non-hydrogen) atoms. The third-order valence-corrected chi connectivity index (χ3v) is 10.2. The number of hydrogen-bond donors (Lipinski definition) is 6. The zero-order valence-electron chi connectivity index (χ0n) is 28.9. The van der Waals surface area contributed by atoms with Crippen LogP contribution in [0.1, 0.15) is 5.56 Å². The van der Waals surface area contributed by atoms with Gasteiger partial charge >= 0.3 is 0 Å². The lowest BCUT2D eigenvalue weighted by Gasteiger charge is -2.13. The number of aromatic nitrogens is 3. The molecule has 5 aromatic carbocycles. The Morgan fingerprint density at radius 3 is 1.75 bits per heavy atom. The quantitative estimate of drug-likeness (QED) is 0.0460. The van der Waals surface area contributed by atoms with Crippen LogP contribution < -0.4 is 16.0 Å². The van der Waals surface area contributed by atoms with E-state index in [0.29, 0.717) is 50.5 Å². The fourth-order valence-corrected chi connectivity index (χ4v) is 6.55. The maximum atomic E-state index is 11.9. The summed E-state index contributed by atoms with van der Waals surface area (Å²) < 4.78 is 96.7. The van der Waals surface area contributed by atoms with Crippen molar-refractivity contribution in [3.05, 3.63) is 109 Å². The normalized spacial score (nSPS) is 12.4. The number of benzene rings is 5. The lowest BCUT2D eigenvalue weighted by Crippen LogP contribution is -2.17. The fraction of sp³-hybridized carbons (Fsp3) is 0.0882. The molecule has 288 valence electrons. The number of rotatable bonds is 14. The van der Waals surface area contributed by atoms with Gasteiger partial charge in [-0.15, -0.1) is 0 Å². The second-order valence-corrected chi connectivity index (χ2v) is 16.2. The summed E-state index contributed by atoms with van der Waals surface area (Å²) in [7, 11) is -13.1. The Kier molecular flexibility index (Phi) is 11.4. The average molecular weight is 819 g/mol. The Hall–Kier alpha value is -6.30. The summed E-state index contributed by atoms with van der Waals surface area (Å²) in [5, 5.41) is 26.5. The van der Waals surface area contributed by atoms with Crippen LogP contribution in [-0.4, -0.2) is 66.2 Å². The van der Waals surface area contributed by atoms with Gasteiger partial charge in [-0.3, -0.25) is 13.7 Å². The molecule has 0 saturated heterocycles. The Balaban J connectivity index is 1.18. The monoisotopic (exact) mass is 818 g/mol. The molecule has 0 fully saturated rings. The maximum Gasteiger partial charge on any atom is 0.295 e. The van der Waals surface area contributed by atoms with E-state index in [4.69, 9.17) is 9.11 Å². The number of aryl methyl sites for hydroxylation is 1. The molecule has 0 aliphatic heterocycles. The molecular formula is C34H30N10O9S3. The lowest BCUT2D eigenvalue weighted by molar-refractivity contribution is 0.481. The standard InChI is InChI=1S/C34H30N10O9S3/c1-21-19-26(43-44-27-6-5-22-3-2-4-31(29(22)20-27)56(51,52)53)13-16-30(21)37-34-39-32(35-17-18-54(45,46)47)38-33(40-34)36-23-7-9-24(10-8-23)41-42-25-11-14-28(15-12-25)55(48,49)50/h2-16,19-20H,17-18H2,1H3,(H,45,46,47)(H,48,49,50)(H,51,52,53)(H3,35,36,37,38,39,40). The van der Waals surface area contributed by atoms with Crippen LogP contribution in [0.2, 0.25) is 0 Å². The van der Waals surface area contributed by atoms with E-state index in [2.05, 4.69) is 51.4 Å². The van der Waals surface area contributed by atoms with Crippen molar-refractivity contribution < 1.29 is 38.9 Å². The molecule has 0 radical (unpaired) electrons. The van der Waals surface area contributed by atoms with Gasteiger partial charge in [-0.2, -0.15) is 60.7 Å². The topological polar surface area (TPSA) is 287 Å². The Labute approximate surface area is 320 Å². The number of hydrogen-bond acceptors (Lipinski definition) is 16. The van der Waals surface area contributed by atoms with Crippen molar-refractivity contribution in [2.24, 2.45) is 20.5 Å². The van der Waals surface area contributed by atoms with Crippen molar-refractivity contribution in [2.75, 3.05) is 28.2 Å². The summed E-state index contributed by atoms with van der Waals surface area (Å²) in [5.41, 5.74) is 3.47. The van der Waals surface area contributed by atoms with Crippen molar-refractivity contribution in [2.45, 2.75) is 16.7 Å². The highest BCUT2D eigenvalue weighted by Crippen LogP contribution is 2.30. The van der Waals surface area contributed by atoms with Crippen molar-refractivity contribution in [3.63, 3.8) is 0 Å². The summed E-state index contributed by atoms with van der Waals surface area (Å²) in [4.78, 5) is 12.6. The van der Waals surface area contributed by atoms with Crippen LogP contribution in [0.4, 0.5) is 52.0 Å². The lowest BCUT2D eigenvalue weighted by atomic mass is 10.1. The Morgan fingerprint density at radius 2 is 1.14 bits per heavy atom. The molecular weight excluding hydrogens is 789 g/mol. The first kappa shape index (κ1) is 39.4. The predicted octanol–water partition coefficient (Wildman–Crippen LogP) is 7.44. The summed E-state index contributed by atoms with van der Waals surface area (Å²) in [6.45, 7) is 1.60. The molecule has 0 saturated carbocycles. The van der Waals surface area contributed by atoms with E-state index in [0.717, 1.165) is 0 Å². The smallest absolute Gasteiger partial charge is 0.295 e. The number of anilines is 5. The minimum atomic E-state index is -4.46. The van der Waals surface area contributed by atoms with Crippen molar-refractivity contribution in [1.29, 1.82) is 0 Å². The van der Waals surface area contributed by atoms with Gasteiger partial charge in [-0.05, 0) is 103 Å². The van der Waals surface area contributed by atoms with Gasteiger partial charge < -0.3 is 16.0 Å². The number of azo groups is 2. The molecule has 6 N–H and O–H groups in total. The van der Waals surface area contributed by atoms with Crippen LogP contribution in [0.25, 0.3) is 10.8 Å². The highest BCUT2D eigenvalue weighted by atomic mass is 32.2. The molecule has 1 heterocycles. The Bertz CT molecular complexity index is 2820. The van der Waals surface area contributed by atoms with Crippen molar-refractivity contribution in [3.8, 4) is 0 Å². The van der Waals surface area contributed by atoms with Gasteiger partial charge in [0.15, 0.2) is 0 Å². The van der Waals surface area contributed by atoms with Gasteiger partial charge in [0.25, 0.3) is 30.4 Å². The number of fused-ring (bicyclic) bond motifs is 1. The van der Waals surface area contributed by atoms with E-state index in [1.54, 1.807) is 67.6 Å². The molecule has 0 amide bonds. The SMILES string of the molecule is Cc1cc(N=Nc2ccc3cccc(S(=O)(=O)O)c3c2)ccc1Nc1nc(NCCS(=O)(=O)O)nc(Nc2ccc(N=Nc3ccc(S(=O)(=O)O)cc3)cc2)n1. The van der Waals surface area contributed by atoms with Crippen LogP contribution in [0.3, 0.4) is 0 Å². The van der Waals surface area contributed by atoms with Gasteiger partial charge in [-0.25, -0.2) is 0 Å². The fourth-order valence-electron chi connectivity index (χ4n) is 5.00. The van der Waals surface area contributed by atoms with E-state index in [1.165, 1.54) is 42.5 Å². The number of nitrogens with one attached hydrogen (secondary N) is 3. The highest BCUT2D eigenvalue weighted by Gasteiger charge is 2.15. The molecule has 0 aliphatic carbocycles. The molecule has 0 unspecified atom stereocenters. The molecule has 0 atom stereocenters. The van der Waals surface area contributed by atoms with Gasteiger partial charge in [-0.1, -0.05) is 18.2 Å². The molecule has 1 aromatic heterocycles. The van der Waals surface area contributed by atoms with Crippen molar-refractivity contribution in [1.82, 2.24) is 15.0 Å². The van der Waals surface area contributed by atoms with E-state index in [1.807, 2.05) is 0 Å². The van der Waals surface area contributed by atoms with Crippen LogP contribution in [-0.2, 0) is 30.4 Å². The molecule has 6 aromatic rings. The molecule has 0 aliphatic rings. The van der Waals surface area contributed by atoms with Crippen LogP contribution >= 0.6 is 0 Å². The van der Waals surface area contributed by atoms with Gasteiger partial charge in [0.1, 0.15) is 4.90 Å². The summed E-state index contributed by atoms with van der Waals surface area (Å²) >= 11 is 0. The first-order valence-electron chi connectivity index (χ1n) is 16.1. The minimum Gasteiger partial charge on any atom is -0.353 e. The molecule has 0 spiro atoms. The summed E-state index contributed by atoms with van der Waals surface area (Å²) in [6.07, 6.45) is 0. The largest absolute Gasteiger partial charge is 0.353 e. The zero-order valence-corrected chi connectivity index (χ0v) is 31.3. The highest BCUT2D eigenvalue weighted by molar-refractivity contribution is 7.86. The van der Waals surface area contributed by atoms with Crippen LogP contribution in [0, 0.1) is 6.92 Å². The summed E-state index contributed by atoms with van der Waals surface area (Å²) in [6, 6.07) is 26.3. The summed E-state index contributed by atoms with van der Waals surface area (Å²) in [5.74, 6) is -0.456. The first-order chi connectivity index (χ1) is 26.5. The van der Waals surface area contributed by atoms with E-state index < -0.39 is 36.1 Å². The number of nitrogens with zero attached hydrogens (tertiary/aromatic N) is 7. The van der Waals surface area contributed by atoms with E-state index in [9.17, 15) is 29.8 Å². The third-order valence-electron chi connectivity index (χ3n) is 7.66. The average Bonchev–Trinajstić information content (AvgIpc) is 3.13. The van der Waals surface area contributed by atoms with Crippen LogP contribution in [0.5, 0.6) is 0 Å². The maximum absolute atomic E-state index is 11.9. The minimum absolute atomic E-state index is 0.00491. The van der Waals surface area contributed by atoms with E-state index >= 15 is 0 Å². The molecule has 22 heteroatoms. The zero-order chi connectivity index (χ0) is 40.1. The molecule has 19 nitrogen and oxygen atoms in total. The Morgan fingerprint density at radius 1 is 0.589 bits per heavy atom. The molecule has 0 bridgehead atoms. The van der Waals surface area contributed by atoms with Crippen molar-refractivity contribution >= 4 is 93.1 Å². The van der Waals surface area contributed by atoms with Gasteiger partial charge in [0.2, 0.25) is 17.8 Å². The van der Waals surface area contributed by atoms with Gasteiger partial charge in [0.05, 0.1) is 33.4 Å². The molecule has 6 rings (SSSR count). The predicted molar refractivity (Wildman–Crippen MR) is 207 cm³/mol. The second-order valence-electron chi connectivity index (χ2n) is 11.8. The van der Waals surface area contributed by atoms with Gasteiger partial charge in [0, 0.05) is 23.3 Å².